The Morgan fingerprint density at radius 3 is 2.56 bits per heavy atom. The highest BCUT2D eigenvalue weighted by atomic mass is 79.9. The van der Waals surface area contributed by atoms with Crippen molar-refractivity contribution in [2.75, 3.05) is 11.5 Å². The van der Waals surface area contributed by atoms with Crippen molar-refractivity contribution < 1.29 is 18.7 Å². The smallest absolute Gasteiger partial charge is 0.279 e. The average Bonchev–Trinajstić information content (AvgIpc) is 3.82. The third-order valence-electron chi connectivity index (χ3n) is 11.1. The number of carbonyl (C=O) groups excluding carboxylic acids is 1. The highest BCUT2D eigenvalue weighted by Crippen LogP contribution is 2.60. The van der Waals surface area contributed by atoms with Crippen molar-refractivity contribution in [3.05, 3.63) is 147 Å². The van der Waals surface area contributed by atoms with Crippen LogP contribution in [-0.4, -0.2) is 56.9 Å². The van der Waals surface area contributed by atoms with Crippen molar-refractivity contribution in [2.45, 2.75) is 62.7 Å². The summed E-state index contributed by atoms with van der Waals surface area (Å²) < 4.78 is 27.3. The van der Waals surface area contributed by atoms with Gasteiger partial charge in [0, 0.05) is 39.6 Å². The molecule has 4 heterocycles. The highest BCUT2D eigenvalue weighted by Gasteiger charge is 2.66. The van der Waals surface area contributed by atoms with Crippen molar-refractivity contribution >= 4 is 46.7 Å². The van der Waals surface area contributed by atoms with Gasteiger partial charge in [-0.25, -0.2) is 0 Å². The Hall–Kier alpha value is -4.82. The summed E-state index contributed by atoms with van der Waals surface area (Å²) in [4.78, 5) is 30.1. The summed E-state index contributed by atoms with van der Waals surface area (Å²) >= 11 is 3.62. The van der Waals surface area contributed by atoms with Gasteiger partial charge in [0.2, 0.25) is 8.41 Å². The van der Waals surface area contributed by atoms with E-state index >= 15 is 4.11 Å². The number of aliphatic hydroxyl groups excluding tert-OH is 1. The Morgan fingerprint density at radius 1 is 1.00 bits per heavy atom. The summed E-state index contributed by atoms with van der Waals surface area (Å²) in [5.74, 6) is -1.02. The highest BCUT2D eigenvalue weighted by molar-refractivity contribution is 9.10. The average molecular weight is 808 g/mol. The second-order valence-corrected chi connectivity index (χ2v) is 19.5. The number of rotatable bonds is 10. The monoisotopic (exact) mass is 806 g/mol. The lowest BCUT2D eigenvalue weighted by molar-refractivity contribution is -0.146. The molecule has 276 valence electrons. The first-order valence-corrected chi connectivity index (χ1v) is 21.9. The van der Waals surface area contributed by atoms with Crippen LogP contribution in [0.25, 0.3) is 16.5 Å². The molecule has 2 aromatic heterocycles. The lowest BCUT2D eigenvalue weighted by atomic mass is 9.82. The summed E-state index contributed by atoms with van der Waals surface area (Å²) in [6.45, 7) is 5.82. The molecule has 0 bridgehead atoms. The van der Waals surface area contributed by atoms with E-state index in [0.29, 0.717) is 41.0 Å². The second kappa shape index (κ2) is 14.1. The van der Waals surface area contributed by atoms with E-state index in [1.54, 1.807) is 34.9 Å². The number of anilines is 1. The fourth-order valence-electron chi connectivity index (χ4n) is 8.59. The number of ether oxygens (including phenoxy) is 1. The predicted octanol–water partition coefficient (Wildman–Crippen LogP) is 7.28. The van der Waals surface area contributed by atoms with E-state index in [0.717, 1.165) is 21.0 Å². The molecule has 1 fully saturated rings. The van der Waals surface area contributed by atoms with Gasteiger partial charge >= 0.3 is 0 Å². The van der Waals surface area contributed by atoms with Gasteiger partial charge < -0.3 is 18.9 Å². The first-order valence-electron chi connectivity index (χ1n) is 18.1. The maximum absolute atomic E-state index is 16.5. The number of aliphatic hydroxyl groups is 1. The largest absolute Gasteiger partial charge is 0.395 e. The number of aryl methyl sites for hydroxylation is 1. The zero-order valence-corrected chi connectivity index (χ0v) is 32.7. The molecule has 54 heavy (non-hydrogen) atoms. The number of amides is 1. The minimum Gasteiger partial charge on any atom is -0.395 e. The topological polar surface area (TPSA) is 115 Å². The van der Waals surface area contributed by atoms with E-state index in [1.165, 1.54) is 4.68 Å². The molecular formula is C41H40BrFN6O4Si. The molecule has 5 atom stereocenters. The van der Waals surface area contributed by atoms with E-state index in [4.69, 9.17) is 4.74 Å². The van der Waals surface area contributed by atoms with Gasteiger partial charge in [0.25, 0.3) is 11.5 Å². The van der Waals surface area contributed by atoms with Gasteiger partial charge in [-0.2, -0.15) is 9.78 Å². The van der Waals surface area contributed by atoms with E-state index in [1.807, 2.05) is 104 Å². The summed E-state index contributed by atoms with van der Waals surface area (Å²) in [5.41, 5.74) is 2.26. The molecule has 2 aliphatic rings. The number of carbonyl (C=O) groups is 1. The van der Waals surface area contributed by atoms with Crippen LogP contribution in [0.4, 0.5) is 9.80 Å². The molecule has 1 saturated heterocycles. The zero-order chi connectivity index (χ0) is 37.8. The van der Waals surface area contributed by atoms with Gasteiger partial charge in [0.15, 0.2) is 5.60 Å². The van der Waals surface area contributed by atoms with E-state index < -0.39 is 31.6 Å². The molecule has 6 aromatic rings. The van der Waals surface area contributed by atoms with E-state index in [2.05, 4.69) is 31.3 Å². The molecule has 4 aromatic carbocycles. The van der Waals surface area contributed by atoms with Crippen LogP contribution >= 0.6 is 15.9 Å². The fraction of sp³-hybridized carbons (Fsp3) is 0.293. The predicted molar refractivity (Wildman–Crippen MR) is 211 cm³/mol. The number of fused-ring (bicyclic) bond motifs is 3. The standard InChI is InChI=1S/C41H40BrFN6O4Si/c1-26-38(54(2,3)43)37(18-19-47-24-35(45-46-47)33(25-50)28-11-5-4-6-12-28)53-41(26)34-21-30(42)16-17-36(34)48(40(41)52)23-27-10-9-14-31(20-27)49-39(51)32-15-8-7-13-29(32)22-44-49/h4-17,20-22,24,26,33,37-38,50H,18-19,23,25H2,1-3H3/t26-,33?,37+,38-,41+/m1/s1. The minimum absolute atomic E-state index is 0.116. The van der Waals surface area contributed by atoms with Gasteiger partial charge in [0.1, 0.15) is 0 Å². The van der Waals surface area contributed by atoms with Crippen molar-refractivity contribution in [3.8, 4) is 5.69 Å². The van der Waals surface area contributed by atoms with Crippen LogP contribution in [-0.2, 0) is 28.2 Å². The lowest BCUT2D eigenvalue weighted by Gasteiger charge is -2.31. The number of benzene rings is 4. The normalized spacial score (nSPS) is 21.6. The number of aromatic nitrogens is 5. The molecule has 1 unspecified atom stereocenters. The van der Waals surface area contributed by atoms with Crippen LogP contribution in [0, 0.1) is 5.92 Å². The molecule has 0 aliphatic carbocycles. The number of hydrogen-bond donors (Lipinski definition) is 1. The van der Waals surface area contributed by atoms with Crippen molar-refractivity contribution in [3.63, 3.8) is 0 Å². The molecule has 1 amide bonds. The molecule has 10 nitrogen and oxygen atoms in total. The van der Waals surface area contributed by atoms with Gasteiger partial charge in [-0.15, -0.1) is 5.10 Å². The number of nitrogens with zero attached hydrogens (tertiary/aromatic N) is 6. The molecule has 1 N–H and O–H groups in total. The summed E-state index contributed by atoms with van der Waals surface area (Å²) in [7, 11) is -3.40. The second-order valence-electron chi connectivity index (χ2n) is 14.8. The Labute approximate surface area is 321 Å². The number of hydrogen-bond acceptors (Lipinski definition) is 7. The molecule has 1 spiro atoms. The summed E-state index contributed by atoms with van der Waals surface area (Å²) in [6, 6.07) is 30.2. The number of halogens is 2. The summed E-state index contributed by atoms with van der Waals surface area (Å²) in [5, 5.41) is 24.6. The van der Waals surface area contributed by atoms with Crippen LogP contribution in [0.2, 0.25) is 18.6 Å². The lowest BCUT2D eigenvalue weighted by Crippen LogP contribution is -2.45. The Bertz CT molecular complexity index is 2420. The molecule has 0 saturated carbocycles. The molecule has 2 aliphatic heterocycles. The third-order valence-corrected chi connectivity index (χ3v) is 14.0. The van der Waals surface area contributed by atoms with Gasteiger partial charge in [-0.05, 0) is 67.0 Å². The molecular weight excluding hydrogens is 767 g/mol. The molecule has 8 rings (SSSR count). The van der Waals surface area contributed by atoms with Crippen LogP contribution in [0.5, 0.6) is 0 Å². The SMILES string of the molecule is C[C@@H]1[C@@H]([Si](C)(C)F)[C@H](CCn2cc(C(CO)c3ccccc3)nn2)O[C@@]12C(=O)N(Cc1cccc(-n3ncc4ccccc4c3=O)c1)c1ccc(Br)cc12. The maximum Gasteiger partial charge on any atom is 0.279 e. The van der Waals surface area contributed by atoms with E-state index in [-0.39, 0.29) is 30.5 Å². The van der Waals surface area contributed by atoms with Crippen LogP contribution < -0.4 is 10.5 Å². The molecule has 0 radical (unpaired) electrons. The first-order chi connectivity index (χ1) is 26.0. The first kappa shape index (κ1) is 36.2. The minimum atomic E-state index is -3.40. The zero-order valence-electron chi connectivity index (χ0n) is 30.1. The maximum atomic E-state index is 16.5. The van der Waals surface area contributed by atoms with Crippen LogP contribution in [0.3, 0.4) is 0 Å². The van der Waals surface area contributed by atoms with Crippen molar-refractivity contribution in [1.82, 2.24) is 24.8 Å². The van der Waals surface area contributed by atoms with E-state index in [9.17, 15) is 14.7 Å². The van der Waals surface area contributed by atoms with Gasteiger partial charge in [-0.1, -0.05) is 88.7 Å². The Morgan fingerprint density at radius 2 is 1.78 bits per heavy atom. The van der Waals surface area contributed by atoms with Crippen molar-refractivity contribution in [2.24, 2.45) is 5.92 Å². The Kier molecular flexibility index (Phi) is 9.45. The molecule has 13 heteroatoms. The van der Waals surface area contributed by atoms with Gasteiger partial charge in [-0.3, -0.25) is 14.3 Å². The quantitative estimate of drug-likeness (QED) is 0.114. The van der Waals surface area contributed by atoms with Gasteiger partial charge in [0.05, 0.1) is 53.8 Å². The Balaban J connectivity index is 1.09. The van der Waals surface area contributed by atoms with Crippen molar-refractivity contribution in [1.29, 1.82) is 0 Å². The third kappa shape index (κ3) is 6.22. The van der Waals surface area contributed by atoms with Crippen LogP contribution in [0.15, 0.2) is 119 Å². The fourth-order valence-corrected chi connectivity index (χ4v) is 11.5. The van der Waals surface area contributed by atoms with Crippen LogP contribution in [0.1, 0.15) is 41.6 Å². The summed E-state index contributed by atoms with van der Waals surface area (Å²) in [6.07, 6.45) is 3.35.